The van der Waals surface area contributed by atoms with Gasteiger partial charge in [-0.15, -0.1) is 23.2 Å². The highest BCUT2D eigenvalue weighted by molar-refractivity contribution is 6.30. The number of halogens is 2. The Labute approximate surface area is 170 Å². The van der Waals surface area contributed by atoms with Crippen LogP contribution in [0, 0.1) is 0 Å². The second-order valence-corrected chi connectivity index (χ2v) is 8.33. The summed E-state index contributed by atoms with van der Waals surface area (Å²) >= 11 is 12.7. The third-order valence-electron chi connectivity index (χ3n) is 5.40. The number of likely N-dealkylation sites (tertiary alicyclic amines) is 1. The molecule has 0 N–H and O–H groups in total. The number of rotatable bonds is 4. The maximum absolute atomic E-state index is 13.0. The second-order valence-electron chi connectivity index (χ2n) is 7.20. The van der Waals surface area contributed by atoms with E-state index < -0.39 is 0 Å². The minimum atomic E-state index is -0.108. The minimum Gasteiger partial charge on any atom is -0.370 e. The highest BCUT2D eigenvalue weighted by Crippen LogP contribution is 2.42. The molecule has 0 spiro atoms. The lowest BCUT2D eigenvalue weighted by Crippen LogP contribution is -2.36. The van der Waals surface area contributed by atoms with Crippen LogP contribution >= 0.6 is 23.2 Å². The van der Waals surface area contributed by atoms with Gasteiger partial charge < -0.3 is 9.80 Å². The molecule has 1 heterocycles. The van der Waals surface area contributed by atoms with E-state index in [1.165, 1.54) is 0 Å². The molecule has 0 aromatic heterocycles. The molecule has 3 nitrogen and oxygen atoms in total. The highest BCUT2D eigenvalue weighted by atomic mass is 35.5. The van der Waals surface area contributed by atoms with E-state index in [2.05, 4.69) is 23.1 Å². The smallest absolute Gasteiger partial charge is 0.227 e. The van der Waals surface area contributed by atoms with Crippen molar-refractivity contribution in [3.05, 3.63) is 77.0 Å². The van der Waals surface area contributed by atoms with Gasteiger partial charge in [-0.3, -0.25) is 4.79 Å². The number of hydrogen-bond acceptors (Lipinski definition) is 2. The first-order chi connectivity index (χ1) is 13.0. The molecule has 3 atom stereocenters. The lowest BCUT2D eigenvalue weighted by atomic mass is 10.0. The number of fused-ring (bicyclic) bond motifs is 1. The zero-order chi connectivity index (χ0) is 19.0. The molecule has 1 amide bonds. The number of carbonyl (C=O) groups excluding carboxylic acids is 1. The van der Waals surface area contributed by atoms with Crippen LogP contribution in [0.15, 0.2) is 60.3 Å². The number of likely N-dealkylation sites (N-methyl/N-ethyl adjacent to an activating group) is 1. The average Bonchev–Trinajstić information content (AvgIpc) is 3.22. The largest absolute Gasteiger partial charge is 0.370 e. The van der Waals surface area contributed by atoms with Gasteiger partial charge in [0.1, 0.15) is 0 Å². The standard InChI is InChI=1S/C22H22Cl2N2O/c1-25(21(27)11-15-7-3-2-4-8-15)22-17-10-6-5-9-16(17)12-20(22)26-13-18(23)19(24)14-26/h2-10,12,18-19,22H,11,13-14H2,1H3. The van der Waals surface area contributed by atoms with Crippen LogP contribution in [-0.2, 0) is 11.2 Å². The fourth-order valence-corrected chi connectivity index (χ4v) is 4.43. The molecule has 5 heteroatoms. The van der Waals surface area contributed by atoms with E-state index in [4.69, 9.17) is 23.2 Å². The molecule has 140 valence electrons. The van der Waals surface area contributed by atoms with E-state index >= 15 is 0 Å². The minimum absolute atomic E-state index is 0.0812. The predicted octanol–water partition coefficient (Wildman–Crippen LogP) is 4.31. The van der Waals surface area contributed by atoms with Crippen molar-refractivity contribution < 1.29 is 4.79 Å². The van der Waals surface area contributed by atoms with E-state index in [0.29, 0.717) is 19.5 Å². The van der Waals surface area contributed by atoms with Gasteiger partial charge in [0.2, 0.25) is 5.91 Å². The number of carbonyl (C=O) groups is 1. The first-order valence-electron chi connectivity index (χ1n) is 9.18. The van der Waals surface area contributed by atoms with Gasteiger partial charge in [0, 0.05) is 25.8 Å². The maximum atomic E-state index is 13.0. The van der Waals surface area contributed by atoms with Crippen LogP contribution in [0.1, 0.15) is 22.7 Å². The quantitative estimate of drug-likeness (QED) is 0.713. The summed E-state index contributed by atoms with van der Waals surface area (Å²) in [5.74, 6) is 0.0952. The van der Waals surface area contributed by atoms with E-state index in [1.807, 2.05) is 54.4 Å². The molecule has 27 heavy (non-hydrogen) atoms. The molecular formula is C22H22Cl2N2O. The summed E-state index contributed by atoms with van der Waals surface area (Å²) in [5, 5.41) is -0.162. The van der Waals surface area contributed by atoms with Crippen LogP contribution < -0.4 is 0 Å². The third-order valence-corrected chi connectivity index (χ3v) is 6.41. The molecule has 1 aliphatic carbocycles. The van der Waals surface area contributed by atoms with Gasteiger partial charge in [-0.05, 0) is 22.8 Å². The van der Waals surface area contributed by atoms with Crippen molar-refractivity contribution in [3.63, 3.8) is 0 Å². The topological polar surface area (TPSA) is 23.6 Å². The van der Waals surface area contributed by atoms with E-state index in [1.54, 1.807) is 0 Å². The van der Waals surface area contributed by atoms with Crippen LogP contribution in [0.4, 0.5) is 0 Å². The van der Waals surface area contributed by atoms with Crippen LogP contribution in [0.5, 0.6) is 0 Å². The van der Waals surface area contributed by atoms with Gasteiger partial charge in [-0.1, -0.05) is 54.6 Å². The van der Waals surface area contributed by atoms with Gasteiger partial charge in [0.25, 0.3) is 0 Å². The van der Waals surface area contributed by atoms with Crippen molar-refractivity contribution in [1.82, 2.24) is 9.80 Å². The van der Waals surface area contributed by atoms with Crippen molar-refractivity contribution in [2.24, 2.45) is 0 Å². The van der Waals surface area contributed by atoms with Gasteiger partial charge in [0.05, 0.1) is 23.2 Å². The molecule has 2 aliphatic rings. The number of nitrogens with zero attached hydrogens (tertiary/aromatic N) is 2. The SMILES string of the molecule is CN(C(=O)Cc1ccccc1)C1C(N2CC(Cl)C(Cl)C2)=Cc2ccccc21. The van der Waals surface area contributed by atoms with Crippen molar-refractivity contribution in [1.29, 1.82) is 0 Å². The van der Waals surface area contributed by atoms with Crippen LogP contribution in [0.25, 0.3) is 6.08 Å². The Hall–Kier alpha value is -1.97. The van der Waals surface area contributed by atoms with Crippen LogP contribution in [-0.4, -0.2) is 46.6 Å². The Balaban J connectivity index is 1.61. The summed E-state index contributed by atoms with van der Waals surface area (Å²) < 4.78 is 0. The zero-order valence-corrected chi connectivity index (χ0v) is 16.7. The number of benzene rings is 2. The zero-order valence-electron chi connectivity index (χ0n) is 15.2. The predicted molar refractivity (Wildman–Crippen MR) is 111 cm³/mol. The molecule has 1 saturated heterocycles. The Kier molecular flexibility index (Phi) is 5.16. The third kappa shape index (κ3) is 3.59. The molecule has 2 aromatic rings. The lowest BCUT2D eigenvalue weighted by Gasteiger charge is -2.33. The normalized spacial score (nSPS) is 23.9. The Morgan fingerprint density at radius 2 is 1.67 bits per heavy atom. The molecule has 1 fully saturated rings. The summed E-state index contributed by atoms with van der Waals surface area (Å²) in [6.45, 7) is 1.40. The van der Waals surface area contributed by atoms with Crippen LogP contribution in [0.3, 0.4) is 0 Å². The van der Waals surface area contributed by atoms with Crippen molar-refractivity contribution >= 4 is 35.2 Å². The van der Waals surface area contributed by atoms with Crippen LogP contribution in [0.2, 0.25) is 0 Å². The highest BCUT2D eigenvalue weighted by Gasteiger charge is 2.39. The number of hydrogen-bond donors (Lipinski definition) is 0. The summed E-state index contributed by atoms with van der Waals surface area (Å²) in [6.07, 6.45) is 2.56. The molecule has 0 saturated carbocycles. The van der Waals surface area contributed by atoms with Crippen molar-refractivity contribution in [2.75, 3.05) is 20.1 Å². The molecule has 0 radical (unpaired) electrons. The van der Waals surface area contributed by atoms with E-state index in [-0.39, 0.29) is 22.7 Å². The molecular weight excluding hydrogens is 379 g/mol. The summed E-state index contributed by atoms with van der Waals surface area (Å²) in [7, 11) is 1.89. The Bertz CT molecular complexity index is 858. The fraction of sp³-hybridized carbons (Fsp3) is 0.318. The van der Waals surface area contributed by atoms with Crippen molar-refractivity contribution in [3.8, 4) is 0 Å². The maximum Gasteiger partial charge on any atom is 0.227 e. The first kappa shape index (κ1) is 18.4. The summed E-state index contributed by atoms with van der Waals surface area (Å²) in [6, 6.07) is 18.0. The fourth-order valence-electron chi connectivity index (χ4n) is 3.93. The number of amides is 1. The molecule has 4 rings (SSSR count). The molecule has 3 unspecified atom stereocenters. The second kappa shape index (κ2) is 7.57. The van der Waals surface area contributed by atoms with Gasteiger partial charge >= 0.3 is 0 Å². The molecule has 0 bridgehead atoms. The van der Waals surface area contributed by atoms with E-state index in [9.17, 15) is 4.79 Å². The molecule has 2 aromatic carbocycles. The lowest BCUT2D eigenvalue weighted by molar-refractivity contribution is -0.131. The molecule has 1 aliphatic heterocycles. The number of alkyl halides is 2. The Morgan fingerprint density at radius 1 is 1.04 bits per heavy atom. The van der Waals surface area contributed by atoms with Crippen molar-refractivity contribution in [2.45, 2.75) is 23.2 Å². The van der Waals surface area contributed by atoms with Gasteiger partial charge in [-0.2, -0.15) is 0 Å². The summed E-state index contributed by atoms with van der Waals surface area (Å²) in [5.41, 5.74) is 4.43. The van der Waals surface area contributed by atoms with E-state index in [0.717, 1.165) is 22.4 Å². The van der Waals surface area contributed by atoms with Gasteiger partial charge in [0.15, 0.2) is 0 Å². The van der Waals surface area contributed by atoms with Gasteiger partial charge in [-0.25, -0.2) is 0 Å². The first-order valence-corrected chi connectivity index (χ1v) is 10.0. The average molecular weight is 401 g/mol. The monoisotopic (exact) mass is 400 g/mol. The Morgan fingerprint density at radius 3 is 2.37 bits per heavy atom. The summed E-state index contributed by atoms with van der Waals surface area (Å²) in [4.78, 5) is 17.1.